The summed E-state index contributed by atoms with van der Waals surface area (Å²) in [5, 5.41) is 16.8. The number of carbonyl (C=O) groups is 9. The predicted octanol–water partition coefficient (Wildman–Crippen LogP) is 9.70. The zero-order valence-electron chi connectivity index (χ0n) is 74.9. The van der Waals surface area contributed by atoms with Crippen LogP contribution in [0.4, 0.5) is 22.5 Å². The highest BCUT2D eigenvalue weighted by Gasteiger charge is 2.42. The van der Waals surface area contributed by atoms with Crippen molar-refractivity contribution in [3.8, 4) is 16.9 Å². The molecule has 1 saturated carbocycles. The maximum atomic E-state index is 14.5. The number of fused-ring (bicyclic) bond motifs is 4. The van der Waals surface area contributed by atoms with Crippen LogP contribution in [0.15, 0.2) is 132 Å². The highest BCUT2D eigenvalue weighted by Crippen LogP contribution is 2.35. The number of methoxy groups -OCH3 is 1. The second kappa shape index (κ2) is 46.5. The molecule has 9 atom stereocenters. The Morgan fingerprint density at radius 2 is 1.41 bits per heavy atom. The van der Waals surface area contributed by atoms with E-state index in [1.54, 1.807) is 63.5 Å². The molecule has 12 rings (SSSR count). The van der Waals surface area contributed by atoms with Gasteiger partial charge in [-0.3, -0.25) is 38.5 Å². The minimum Gasteiger partial charge on any atom is -0.491 e. The number of piperidine rings is 1. The predicted molar refractivity (Wildman–Crippen MR) is 480 cm³/mol. The molecule has 1 aliphatic carbocycles. The molecular weight excluding hydrogens is 1660 g/mol. The van der Waals surface area contributed by atoms with E-state index >= 15 is 0 Å². The SMILES string of the molecule is CO[C@H]1CC2CCCC(O2)C(=O)C(=O)N2CCCC[C@H]2C(=O)O[C@H](CC[C@H]2CC[C@H](OC(=O)NCc3cnc(N4CCN(C(=O)CCOCCN5CCN(c6ncc(C(=O)NCCS(=O)(=O)c7ccc(C(=O)N8CCOc9ccc(-c%10ccc(N)nc%10)cc9C8)c(C)c7)cn6)CC5)CC4)nc3)CC2)CC(=O)[C@H](C)/C=C(\C)[C@@H](O)CC(=O)[C@H](C)C[C@H](C)/C=C/C=C/C=C/1C. The van der Waals surface area contributed by atoms with Crippen molar-refractivity contribution in [1.29, 1.82) is 0 Å². The number of aromatic nitrogens is 5. The van der Waals surface area contributed by atoms with Crippen LogP contribution in [0, 0.1) is 30.6 Å². The van der Waals surface area contributed by atoms with E-state index in [1.165, 1.54) is 35.5 Å². The summed E-state index contributed by atoms with van der Waals surface area (Å²) in [5.41, 5.74) is 11.6. The Kier molecular flexibility index (Phi) is 35.0. The van der Waals surface area contributed by atoms with Crippen molar-refractivity contribution in [1.82, 2.24) is 55.2 Å². The van der Waals surface area contributed by atoms with Crippen LogP contribution in [0.2, 0.25) is 0 Å². The molecule has 690 valence electrons. The van der Waals surface area contributed by atoms with E-state index in [4.69, 9.17) is 34.2 Å². The average Bonchev–Trinajstić information content (AvgIpc) is 1.37. The highest BCUT2D eigenvalue weighted by molar-refractivity contribution is 7.91. The molecule has 33 heteroatoms. The van der Waals surface area contributed by atoms with Crippen LogP contribution in [0.5, 0.6) is 5.75 Å². The van der Waals surface area contributed by atoms with Gasteiger partial charge in [0, 0.05) is 177 Å². The average molecular weight is 1780 g/mol. The van der Waals surface area contributed by atoms with Gasteiger partial charge in [-0.2, -0.15) is 0 Å². The second-order valence-electron chi connectivity index (χ2n) is 35.0. The van der Waals surface area contributed by atoms with Crippen molar-refractivity contribution >= 4 is 80.6 Å². The van der Waals surface area contributed by atoms with Crippen molar-refractivity contribution in [3.63, 3.8) is 0 Å². The molecule has 0 spiro atoms. The van der Waals surface area contributed by atoms with E-state index in [9.17, 15) is 56.7 Å². The number of cyclic esters (lactones) is 1. The van der Waals surface area contributed by atoms with Gasteiger partial charge in [0.2, 0.25) is 23.6 Å². The van der Waals surface area contributed by atoms with Crippen molar-refractivity contribution < 1.29 is 85.1 Å². The highest BCUT2D eigenvalue weighted by atomic mass is 32.2. The van der Waals surface area contributed by atoms with Crippen LogP contribution in [0.1, 0.15) is 181 Å². The molecular formula is C95H126N14O18S. The summed E-state index contributed by atoms with van der Waals surface area (Å²) >= 11 is 0. The molecule has 2 bridgehead atoms. The molecule has 5 N–H and O–H groups in total. The maximum absolute atomic E-state index is 14.5. The first-order chi connectivity index (χ1) is 61.6. The topological polar surface area (TPSA) is 397 Å². The maximum Gasteiger partial charge on any atom is 0.407 e. The lowest BCUT2D eigenvalue weighted by atomic mass is 9.83. The zero-order valence-corrected chi connectivity index (χ0v) is 75.7. The third kappa shape index (κ3) is 27.2. The monoisotopic (exact) mass is 1780 g/mol. The molecule has 0 radical (unpaired) electrons. The van der Waals surface area contributed by atoms with Gasteiger partial charge in [0.05, 0.1) is 60.7 Å². The Morgan fingerprint density at radius 1 is 0.688 bits per heavy atom. The minimum atomic E-state index is -3.85. The Hall–Kier alpha value is -10.7. The quantitative estimate of drug-likeness (QED) is 0.0217. The number of rotatable bonds is 22. The summed E-state index contributed by atoms with van der Waals surface area (Å²) < 4.78 is 63.4. The van der Waals surface area contributed by atoms with E-state index in [2.05, 4.69) is 40.5 Å². The molecule has 9 heterocycles. The van der Waals surface area contributed by atoms with Crippen molar-refractivity contribution in [2.45, 2.75) is 211 Å². The minimum absolute atomic E-state index is 0.00186. The lowest BCUT2D eigenvalue weighted by Gasteiger charge is -2.36. The van der Waals surface area contributed by atoms with Crippen LogP contribution in [-0.4, -0.2) is 265 Å². The molecule has 4 saturated heterocycles. The van der Waals surface area contributed by atoms with E-state index in [-0.39, 0.29) is 141 Å². The van der Waals surface area contributed by atoms with Crippen molar-refractivity contribution in [3.05, 3.63) is 155 Å². The van der Waals surface area contributed by atoms with Gasteiger partial charge in [0.25, 0.3) is 17.7 Å². The van der Waals surface area contributed by atoms with Gasteiger partial charge in [-0.1, -0.05) is 63.3 Å². The summed E-state index contributed by atoms with van der Waals surface area (Å²) in [7, 11) is -2.22. The summed E-state index contributed by atoms with van der Waals surface area (Å²) in [4.78, 5) is 158. The van der Waals surface area contributed by atoms with Gasteiger partial charge < -0.3 is 74.4 Å². The number of amides is 5. The number of nitrogens with zero attached hydrogens (tertiary/aromatic N) is 11. The second-order valence-corrected chi connectivity index (χ2v) is 37.2. The number of nitrogens with one attached hydrogen (secondary N) is 2. The van der Waals surface area contributed by atoms with Crippen LogP contribution in [0.25, 0.3) is 11.1 Å². The number of hydrogen-bond acceptors (Lipinski definition) is 27. The van der Waals surface area contributed by atoms with Crippen LogP contribution >= 0.6 is 0 Å². The Labute approximate surface area is 750 Å². The number of nitrogen functional groups attached to an aromatic ring is 1. The zero-order chi connectivity index (χ0) is 91.0. The van der Waals surface area contributed by atoms with E-state index in [0.717, 1.165) is 35.4 Å². The normalized spacial score (nSPS) is 25.8. The van der Waals surface area contributed by atoms with Gasteiger partial charge >= 0.3 is 12.1 Å². The lowest BCUT2D eigenvalue weighted by molar-refractivity contribution is -0.167. The fraction of sp³-hybridized carbons (Fsp3) is 0.558. The number of alkyl carbamates (subject to hydrolysis) is 1. The smallest absolute Gasteiger partial charge is 0.407 e. The summed E-state index contributed by atoms with van der Waals surface area (Å²) in [5.74, 6) is -2.32. The van der Waals surface area contributed by atoms with Crippen molar-refractivity contribution in [2.24, 2.45) is 23.7 Å². The van der Waals surface area contributed by atoms with Crippen LogP contribution in [-0.2, 0) is 75.4 Å². The first kappa shape index (κ1) is 96.4. The number of anilines is 3. The molecule has 5 fully saturated rings. The van der Waals surface area contributed by atoms with E-state index < -0.39 is 69.8 Å². The van der Waals surface area contributed by atoms with Gasteiger partial charge in [-0.15, -0.1) is 0 Å². The fourth-order valence-corrected chi connectivity index (χ4v) is 18.9. The molecule has 6 aliphatic heterocycles. The first-order valence-corrected chi connectivity index (χ1v) is 47.0. The summed E-state index contributed by atoms with van der Waals surface area (Å²) in [6.45, 7) is 18.3. The molecule has 128 heavy (non-hydrogen) atoms. The molecule has 5 aromatic rings. The molecule has 3 aromatic heterocycles. The number of hydrogen-bond donors (Lipinski definition) is 4. The number of allylic oxidation sites excluding steroid dienone is 6. The number of nitrogens with two attached hydrogens (primary N) is 1. The van der Waals surface area contributed by atoms with Crippen molar-refractivity contribution in [2.75, 3.05) is 127 Å². The number of aliphatic hydroxyl groups is 1. The number of piperazine rings is 2. The van der Waals surface area contributed by atoms with Gasteiger partial charge in [0.15, 0.2) is 9.84 Å². The third-order valence-electron chi connectivity index (χ3n) is 25.6. The van der Waals surface area contributed by atoms with Crippen LogP contribution < -0.4 is 30.9 Å². The van der Waals surface area contributed by atoms with Gasteiger partial charge in [0.1, 0.15) is 54.1 Å². The number of carbonyl (C=O) groups excluding carboxylic acids is 9. The number of aryl methyl sites for hydroxylation is 1. The Balaban J connectivity index is 0.521. The van der Waals surface area contributed by atoms with Crippen LogP contribution in [0.3, 0.4) is 0 Å². The summed E-state index contributed by atoms with van der Waals surface area (Å²) in [6.07, 6.45) is 22.7. The number of aliphatic hydroxyl groups excluding tert-OH is 1. The van der Waals surface area contributed by atoms with Gasteiger partial charge in [-0.05, 0) is 181 Å². The fourth-order valence-electron chi connectivity index (χ4n) is 17.6. The number of ether oxygens (including phenoxy) is 6. The molecule has 32 nitrogen and oxygen atoms in total. The Morgan fingerprint density at radius 3 is 2.13 bits per heavy atom. The standard InChI is InChI=1S/C95H126N14O18S/c1-62-14-9-8-10-15-63(2)85(122-7)53-75-16-13-18-84(125-75)88(114)91(117)109-33-12-11-17-79(109)92(118)126-76(52-80(110)66(5)49-67(6)82(112)54-81(111)65(4)48-62)26-21-68-19-24-74(25-20-68)127-95(119)103-57-69-55-99-93(100-56-69)107-40-38-105(39-41-107)87(113)31-44-123-45-42-104-34-36-106(37-35-104)94-101-59-73(60-102-94)89(115)97-32-47-128(120,121)77-27-28-78(64(3)50-77)90(116)108-43-46-124-83-29-22-70(51-72(83)61-108)71-23-30-86(96)98-58-71/h8-10,14-15,22-23,27-30,49-51,55-56,58-60,62,65-66,68,74-76,79,82,84-85,112H,11-13,16-21,24-26,31-48,52-54,57,61H2,1-7H3,(H2,96,98)(H,97,115)(H,103,119)/b10-8+,14-9+,63-15+,67-49+/t62-,65-,66-,68-,74-,75?,76-,79+,82+,84?,85+/m1/s1. The number of pyridine rings is 1. The number of ketones is 3. The van der Waals surface area contributed by atoms with E-state index in [0.29, 0.717) is 188 Å². The largest absolute Gasteiger partial charge is 0.491 e. The number of benzene rings is 2. The summed E-state index contributed by atoms with van der Waals surface area (Å²) in [6, 6.07) is 12.8. The molecule has 7 aliphatic rings. The molecule has 5 amide bonds. The number of sulfone groups is 1. The number of esters is 1. The lowest BCUT2D eigenvalue weighted by Crippen LogP contribution is -2.54. The van der Waals surface area contributed by atoms with E-state index in [1.807, 2.05) is 90.1 Å². The molecule has 2 unspecified atom stereocenters. The number of Topliss-reactive ketones (excluding diaryl/α,β-unsaturated/α-hetero) is 3. The molecule has 2 aromatic carbocycles. The van der Waals surface area contributed by atoms with Gasteiger partial charge in [-0.25, -0.2) is 42.9 Å². The third-order valence-corrected chi connectivity index (χ3v) is 27.3. The first-order valence-electron chi connectivity index (χ1n) is 45.3. The Bertz CT molecular complexity index is 4910.